The molecule has 0 aliphatic rings. The van der Waals surface area contributed by atoms with Crippen molar-refractivity contribution in [2.24, 2.45) is 5.92 Å². The SMILES string of the molecule is CCNC(C)(C)C(=O)NC(C)CCCC(C)C(=O)O. The summed E-state index contributed by atoms with van der Waals surface area (Å²) >= 11 is 0. The molecule has 0 rings (SSSR count). The maximum atomic E-state index is 12.0. The standard InChI is InChI=1S/C14H28N2O3/c1-6-15-14(4,5)13(19)16-11(3)9-7-8-10(2)12(17)18/h10-11,15H,6-9H2,1-5H3,(H,16,19)(H,17,18). The second-order valence-electron chi connectivity index (χ2n) is 5.70. The van der Waals surface area contributed by atoms with Gasteiger partial charge in [-0.2, -0.15) is 0 Å². The first-order chi connectivity index (χ1) is 8.70. The third-order valence-electron chi connectivity index (χ3n) is 3.26. The van der Waals surface area contributed by atoms with E-state index < -0.39 is 11.5 Å². The van der Waals surface area contributed by atoms with E-state index in [1.807, 2.05) is 27.7 Å². The summed E-state index contributed by atoms with van der Waals surface area (Å²) in [4.78, 5) is 22.7. The Morgan fingerprint density at radius 2 is 1.79 bits per heavy atom. The molecule has 0 bridgehead atoms. The highest BCUT2D eigenvalue weighted by atomic mass is 16.4. The van der Waals surface area contributed by atoms with E-state index in [-0.39, 0.29) is 17.9 Å². The van der Waals surface area contributed by atoms with Crippen molar-refractivity contribution in [3.8, 4) is 0 Å². The largest absolute Gasteiger partial charge is 0.481 e. The number of hydrogen-bond donors (Lipinski definition) is 3. The fraction of sp³-hybridized carbons (Fsp3) is 0.857. The number of aliphatic carboxylic acids is 1. The molecule has 0 saturated heterocycles. The highest BCUT2D eigenvalue weighted by Gasteiger charge is 2.26. The highest BCUT2D eigenvalue weighted by Crippen LogP contribution is 2.10. The van der Waals surface area contributed by atoms with Crippen LogP contribution in [0.25, 0.3) is 0 Å². The van der Waals surface area contributed by atoms with Crippen molar-refractivity contribution >= 4 is 11.9 Å². The zero-order chi connectivity index (χ0) is 15.1. The van der Waals surface area contributed by atoms with Crippen LogP contribution in [0.3, 0.4) is 0 Å². The lowest BCUT2D eigenvalue weighted by atomic mass is 10.0. The number of carbonyl (C=O) groups is 2. The molecule has 0 heterocycles. The molecule has 2 atom stereocenters. The molecule has 0 radical (unpaired) electrons. The third kappa shape index (κ3) is 7.15. The fourth-order valence-corrected chi connectivity index (χ4v) is 1.85. The Kier molecular flexibility index (Phi) is 7.68. The van der Waals surface area contributed by atoms with Gasteiger partial charge in [-0.3, -0.25) is 9.59 Å². The summed E-state index contributed by atoms with van der Waals surface area (Å²) in [7, 11) is 0. The van der Waals surface area contributed by atoms with Gasteiger partial charge in [-0.15, -0.1) is 0 Å². The fourth-order valence-electron chi connectivity index (χ4n) is 1.85. The van der Waals surface area contributed by atoms with Gasteiger partial charge in [0.25, 0.3) is 0 Å². The van der Waals surface area contributed by atoms with Crippen molar-refractivity contribution in [3.05, 3.63) is 0 Å². The number of rotatable bonds is 9. The van der Waals surface area contributed by atoms with E-state index in [4.69, 9.17) is 5.11 Å². The van der Waals surface area contributed by atoms with Gasteiger partial charge in [-0.1, -0.05) is 20.3 Å². The average molecular weight is 272 g/mol. The molecule has 0 aromatic carbocycles. The minimum absolute atomic E-state index is 0.0202. The van der Waals surface area contributed by atoms with Crippen LogP contribution in [0.15, 0.2) is 0 Å². The van der Waals surface area contributed by atoms with Crippen molar-refractivity contribution < 1.29 is 14.7 Å². The number of likely N-dealkylation sites (N-methyl/N-ethyl adjacent to an activating group) is 1. The number of carbonyl (C=O) groups excluding carboxylic acids is 1. The smallest absolute Gasteiger partial charge is 0.306 e. The van der Waals surface area contributed by atoms with Crippen molar-refractivity contribution in [3.63, 3.8) is 0 Å². The molecule has 0 aliphatic carbocycles. The zero-order valence-electron chi connectivity index (χ0n) is 12.7. The molecule has 0 aromatic heterocycles. The molecule has 0 aliphatic heterocycles. The first-order valence-electron chi connectivity index (χ1n) is 6.99. The van der Waals surface area contributed by atoms with Crippen molar-refractivity contribution in [1.82, 2.24) is 10.6 Å². The van der Waals surface area contributed by atoms with Gasteiger partial charge in [0.1, 0.15) is 0 Å². The van der Waals surface area contributed by atoms with Crippen molar-refractivity contribution in [2.75, 3.05) is 6.54 Å². The van der Waals surface area contributed by atoms with Crippen LogP contribution in [0.2, 0.25) is 0 Å². The monoisotopic (exact) mass is 272 g/mol. The highest BCUT2D eigenvalue weighted by molar-refractivity contribution is 5.85. The summed E-state index contributed by atoms with van der Waals surface area (Å²) in [5.41, 5.74) is -0.572. The number of hydrogen-bond acceptors (Lipinski definition) is 3. The van der Waals surface area contributed by atoms with E-state index >= 15 is 0 Å². The van der Waals surface area contributed by atoms with Gasteiger partial charge in [-0.05, 0) is 40.2 Å². The Balaban J connectivity index is 4.01. The average Bonchev–Trinajstić information content (AvgIpc) is 2.28. The van der Waals surface area contributed by atoms with Crippen LogP contribution in [-0.4, -0.2) is 35.1 Å². The van der Waals surface area contributed by atoms with Gasteiger partial charge >= 0.3 is 5.97 Å². The van der Waals surface area contributed by atoms with Gasteiger partial charge < -0.3 is 15.7 Å². The minimum atomic E-state index is -0.759. The second-order valence-corrected chi connectivity index (χ2v) is 5.70. The summed E-state index contributed by atoms with van der Waals surface area (Å²) in [6, 6.07) is 0.0615. The number of carboxylic acids is 1. The maximum Gasteiger partial charge on any atom is 0.306 e. The molecule has 2 unspecified atom stereocenters. The molecular weight excluding hydrogens is 244 g/mol. The van der Waals surface area contributed by atoms with Crippen LogP contribution in [-0.2, 0) is 9.59 Å². The molecule has 0 spiro atoms. The normalized spacial score (nSPS) is 14.8. The Hall–Kier alpha value is -1.10. The summed E-state index contributed by atoms with van der Waals surface area (Å²) < 4.78 is 0. The molecule has 112 valence electrons. The molecule has 5 heteroatoms. The molecule has 0 saturated carbocycles. The van der Waals surface area contributed by atoms with E-state index in [1.54, 1.807) is 6.92 Å². The van der Waals surface area contributed by atoms with Gasteiger partial charge in [0, 0.05) is 6.04 Å². The Labute approximate surface area is 116 Å². The maximum absolute atomic E-state index is 12.0. The summed E-state index contributed by atoms with van der Waals surface area (Å²) in [6.07, 6.45) is 2.24. The van der Waals surface area contributed by atoms with Gasteiger partial charge in [-0.25, -0.2) is 0 Å². The Morgan fingerprint density at radius 3 is 2.26 bits per heavy atom. The first kappa shape index (κ1) is 17.9. The van der Waals surface area contributed by atoms with Crippen molar-refractivity contribution in [1.29, 1.82) is 0 Å². The molecule has 3 N–H and O–H groups in total. The predicted molar refractivity (Wildman–Crippen MR) is 76.0 cm³/mol. The quantitative estimate of drug-likeness (QED) is 0.598. The zero-order valence-corrected chi connectivity index (χ0v) is 12.7. The van der Waals surface area contributed by atoms with Gasteiger partial charge in [0.15, 0.2) is 0 Å². The molecule has 0 aromatic rings. The summed E-state index contributed by atoms with van der Waals surface area (Å²) in [6.45, 7) is 10.1. The Bertz CT molecular complexity index is 303. The van der Waals surface area contributed by atoms with Crippen LogP contribution in [0.1, 0.15) is 53.9 Å². The van der Waals surface area contributed by atoms with E-state index in [9.17, 15) is 9.59 Å². The predicted octanol–water partition coefficient (Wildman–Crippen LogP) is 1.77. The van der Waals surface area contributed by atoms with Crippen LogP contribution >= 0.6 is 0 Å². The topological polar surface area (TPSA) is 78.4 Å². The van der Waals surface area contributed by atoms with E-state index in [0.29, 0.717) is 6.42 Å². The molecule has 5 nitrogen and oxygen atoms in total. The van der Waals surface area contributed by atoms with Gasteiger partial charge in [0.05, 0.1) is 11.5 Å². The van der Waals surface area contributed by atoms with Crippen molar-refractivity contribution in [2.45, 2.75) is 65.5 Å². The van der Waals surface area contributed by atoms with Crippen LogP contribution in [0.4, 0.5) is 0 Å². The number of amides is 1. The lowest BCUT2D eigenvalue weighted by molar-refractivity contribution is -0.141. The first-order valence-corrected chi connectivity index (χ1v) is 6.99. The number of nitrogens with one attached hydrogen (secondary N) is 2. The minimum Gasteiger partial charge on any atom is -0.481 e. The number of carboxylic acid groups (broad SMARTS) is 1. The lowest BCUT2D eigenvalue weighted by Crippen LogP contribution is -2.54. The summed E-state index contributed by atoms with van der Waals surface area (Å²) in [5.74, 6) is -1.10. The molecule has 1 amide bonds. The summed E-state index contributed by atoms with van der Waals surface area (Å²) in [5, 5.41) is 14.9. The van der Waals surface area contributed by atoms with E-state index in [0.717, 1.165) is 19.4 Å². The third-order valence-corrected chi connectivity index (χ3v) is 3.26. The Morgan fingerprint density at radius 1 is 1.21 bits per heavy atom. The van der Waals surface area contributed by atoms with E-state index in [2.05, 4.69) is 10.6 Å². The van der Waals surface area contributed by atoms with Crippen LogP contribution in [0, 0.1) is 5.92 Å². The molecule has 19 heavy (non-hydrogen) atoms. The van der Waals surface area contributed by atoms with Crippen LogP contribution < -0.4 is 10.6 Å². The molecule has 0 fully saturated rings. The van der Waals surface area contributed by atoms with Crippen LogP contribution in [0.5, 0.6) is 0 Å². The van der Waals surface area contributed by atoms with Gasteiger partial charge in [0.2, 0.25) is 5.91 Å². The van der Waals surface area contributed by atoms with E-state index in [1.165, 1.54) is 0 Å². The molecular formula is C14H28N2O3. The second kappa shape index (κ2) is 8.15. The lowest BCUT2D eigenvalue weighted by Gasteiger charge is -2.26.